The number of carboxylic acids is 1. The standard InChI is InChI=1S/C14H19NO2/c1-10-7-11(2)9-15(8-10)13-6-4-3-5-12(13)14(16)17/h3-6,10-11H,7-9H2,1-2H3,(H,16,17)/t10-,11+. The van der Waals surface area contributed by atoms with Crippen LogP contribution in [0.2, 0.25) is 0 Å². The number of carbonyl (C=O) groups is 1. The number of aromatic carboxylic acids is 1. The zero-order valence-electron chi connectivity index (χ0n) is 10.4. The van der Waals surface area contributed by atoms with E-state index in [2.05, 4.69) is 18.7 Å². The predicted octanol–water partition coefficient (Wildman–Crippen LogP) is 2.87. The normalized spacial score (nSPS) is 24.7. The minimum Gasteiger partial charge on any atom is -0.478 e. The average molecular weight is 233 g/mol. The first-order valence-corrected chi connectivity index (χ1v) is 6.15. The minimum atomic E-state index is -0.841. The van der Waals surface area contributed by atoms with E-state index < -0.39 is 5.97 Å². The highest BCUT2D eigenvalue weighted by atomic mass is 16.4. The summed E-state index contributed by atoms with van der Waals surface area (Å²) in [4.78, 5) is 13.4. The molecule has 1 fully saturated rings. The second-order valence-electron chi connectivity index (χ2n) is 5.17. The zero-order chi connectivity index (χ0) is 12.4. The second kappa shape index (κ2) is 4.78. The molecular formula is C14H19NO2. The molecule has 92 valence electrons. The van der Waals surface area contributed by atoms with Crippen LogP contribution in [0.4, 0.5) is 5.69 Å². The fourth-order valence-corrected chi connectivity index (χ4v) is 2.79. The molecule has 2 atom stereocenters. The molecule has 0 aromatic heterocycles. The molecule has 2 rings (SSSR count). The van der Waals surface area contributed by atoms with Gasteiger partial charge in [-0.1, -0.05) is 26.0 Å². The van der Waals surface area contributed by atoms with E-state index in [0.29, 0.717) is 17.4 Å². The second-order valence-corrected chi connectivity index (χ2v) is 5.17. The van der Waals surface area contributed by atoms with Crippen LogP contribution in [0.3, 0.4) is 0 Å². The van der Waals surface area contributed by atoms with Gasteiger partial charge in [0, 0.05) is 13.1 Å². The van der Waals surface area contributed by atoms with Crippen LogP contribution < -0.4 is 4.90 Å². The Labute approximate surface area is 102 Å². The molecule has 1 aromatic rings. The van der Waals surface area contributed by atoms with Crippen LogP contribution in [0.15, 0.2) is 24.3 Å². The van der Waals surface area contributed by atoms with Crippen LogP contribution in [0, 0.1) is 11.8 Å². The molecule has 1 saturated heterocycles. The first-order chi connectivity index (χ1) is 8.08. The van der Waals surface area contributed by atoms with E-state index in [9.17, 15) is 9.90 Å². The molecule has 0 unspecified atom stereocenters. The molecule has 0 bridgehead atoms. The molecule has 1 heterocycles. The van der Waals surface area contributed by atoms with Crippen molar-refractivity contribution >= 4 is 11.7 Å². The number of anilines is 1. The van der Waals surface area contributed by atoms with Gasteiger partial charge in [0.25, 0.3) is 0 Å². The van der Waals surface area contributed by atoms with Gasteiger partial charge < -0.3 is 10.0 Å². The largest absolute Gasteiger partial charge is 0.478 e. The van der Waals surface area contributed by atoms with E-state index >= 15 is 0 Å². The quantitative estimate of drug-likeness (QED) is 0.854. The number of benzene rings is 1. The van der Waals surface area contributed by atoms with Crippen molar-refractivity contribution in [2.45, 2.75) is 20.3 Å². The highest BCUT2D eigenvalue weighted by Gasteiger charge is 2.24. The number of para-hydroxylation sites is 1. The van der Waals surface area contributed by atoms with Gasteiger partial charge in [-0.25, -0.2) is 4.79 Å². The lowest BCUT2D eigenvalue weighted by Crippen LogP contribution is -2.39. The van der Waals surface area contributed by atoms with E-state index in [1.807, 2.05) is 12.1 Å². The summed E-state index contributed by atoms with van der Waals surface area (Å²) in [6.07, 6.45) is 1.23. The van der Waals surface area contributed by atoms with E-state index in [-0.39, 0.29) is 0 Å². The van der Waals surface area contributed by atoms with Crippen LogP contribution in [0.25, 0.3) is 0 Å². The maximum atomic E-state index is 11.2. The smallest absolute Gasteiger partial charge is 0.337 e. The van der Waals surface area contributed by atoms with Crippen molar-refractivity contribution in [2.75, 3.05) is 18.0 Å². The van der Waals surface area contributed by atoms with Gasteiger partial charge in [0.05, 0.1) is 11.3 Å². The van der Waals surface area contributed by atoms with Gasteiger partial charge in [-0.3, -0.25) is 0 Å². The van der Waals surface area contributed by atoms with Gasteiger partial charge in [-0.15, -0.1) is 0 Å². The summed E-state index contributed by atoms with van der Waals surface area (Å²) in [5, 5.41) is 9.20. The number of hydrogen-bond donors (Lipinski definition) is 1. The molecule has 0 amide bonds. The fourth-order valence-electron chi connectivity index (χ4n) is 2.79. The Bertz CT molecular complexity index is 406. The van der Waals surface area contributed by atoms with Crippen LogP contribution in [-0.4, -0.2) is 24.2 Å². The molecule has 3 heteroatoms. The first-order valence-electron chi connectivity index (χ1n) is 6.15. The number of hydrogen-bond acceptors (Lipinski definition) is 2. The summed E-state index contributed by atoms with van der Waals surface area (Å²) < 4.78 is 0. The summed E-state index contributed by atoms with van der Waals surface area (Å²) >= 11 is 0. The average Bonchev–Trinajstić information content (AvgIpc) is 2.27. The number of rotatable bonds is 2. The number of carboxylic acid groups (broad SMARTS) is 1. The lowest BCUT2D eigenvalue weighted by molar-refractivity contribution is 0.0697. The third-order valence-corrected chi connectivity index (χ3v) is 3.34. The Hall–Kier alpha value is -1.51. The van der Waals surface area contributed by atoms with E-state index in [4.69, 9.17) is 0 Å². The Morgan fingerprint density at radius 2 is 1.82 bits per heavy atom. The Morgan fingerprint density at radius 1 is 1.24 bits per heavy atom. The monoisotopic (exact) mass is 233 g/mol. The maximum Gasteiger partial charge on any atom is 0.337 e. The fraction of sp³-hybridized carbons (Fsp3) is 0.500. The SMILES string of the molecule is C[C@@H]1C[C@H](C)CN(c2ccccc2C(=O)O)C1. The molecule has 0 aliphatic carbocycles. The summed E-state index contributed by atoms with van der Waals surface area (Å²) in [5.41, 5.74) is 1.27. The lowest BCUT2D eigenvalue weighted by atomic mass is 9.91. The molecule has 3 nitrogen and oxygen atoms in total. The van der Waals surface area contributed by atoms with Crippen molar-refractivity contribution in [1.82, 2.24) is 0 Å². The zero-order valence-corrected chi connectivity index (χ0v) is 10.4. The highest BCUT2D eigenvalue weighted by Crippen LogP contribution is 2.28. The highest BCUT2D eigenvalue weighted by molar-refractivity contribution is 5.94. The van der Waals surface area contributed by atoms with E-state index in [1.165, 1.54) is 6.42 Å². The predicted molar refractivity (Wildman–Crippen MR) is 68.6 cm³/mol. The molecule has 0 radical (unpaired) electrons. The summed E-state index contributed by atoms with van der Waals surface area (Å²) in [6, 6.07) is 7.28. The number of piperidine rings is 1. The van der Waals surface area contributed by atoms with E-state index in [1.54, 1.807) is 12.1 Å². The van der Waals surface area contributed by atoms with Crippen molar-refractivity contribution in [3.63, 3.8) is 0 Å². The molecule has 1 aliphatic heterocycles. The van der Waals surface area contributed by atoms with Crippen LogP contribution in [-0.2, 0) is 0 Å². The van der Waals surface area contributed by atoms with Gasteiger partial charge in [-0.2, -0.15) is 0 Å². The Morgan fingerprint density at radius 3 is 2.41 bits per heavy atom. The van der Waals surface area contributed by atoms with Crippen molar-refractivity contribution in [1.29, 1.82) is 0 Å². The first kappa shape index (κ1) is 12.0. The summed E-state index contributed by atoms with van der Waals surface area (Å²) in [7, 11) is 0. The van der Waals surface area contributed by atoms with Gasteiger partial charge in [0.2, 0.25) is 0 Å². The molecule has 0 saturated carbocycles. The van der Waals surface area contributed by atoms with Crippen molar-refractivity contribution in [2.24, 2.45) is 11.8 Å². The van der Waals surface area contributed by atoms with Crippen LogP contribution in [0.1, 0.15) is 30.6 Å². The van der Waals surface area contributed by atoms with Gasteiger partial charge in [-0.05, 0) is 30.4 Å². The lowest BCUT2D eigenvalue weighted by Gasteiger charge is -2.37. The molecule has 17 heavy (non-hydrogen) atoms. The van der Waals surface area contributed by atoms with Crippen LogP contribution in [0.5, 0.6) is 0 Å². The van der Waals surface area contributed by atoms with Gasteiger partial charge in [0.15, 0.2) is 0 Å². The van der Waals surface area contributed by atoms with Crippen molar-refractivity contribution in [3.8, 4) is 0 Å². The molecule has 1 aromatic carbocycles. The number of nitrogens with zero attached hydrogens (tertiary/aromatic N) is 1. The van der Waals surface area contributed by atoms with Crippen molar-refractivity contribution < 1.29 is 9.90 Å². The molecule has 0 spiro atoms. The topological polar surface area (TPSA) is 40.5 Å². The Kier molecular flexibility index (Phi) is 3.36. The molecule has 1 aliphatic rings. The minimum absolute atomic E-state index is 0.411. The van der Waals surface area contributed by atoms with Gasteiger partial charge in [0.1, 0.15) is 0 Å². The van der Waals surface area contributed by atoms with Crippen LogP contribution >= 0.6 is 0 Å². The summed E-state index contributed by atoms with van der Waals surface area (Å²) in [5.74, 6) is 0.410. The Balaban J connectivity index is 2.30. The maximum absolute atomic E-state index is 11.2. The van der Waals surface area contributed by atoms with Gasteiger partial charge >= 0.3 is 5.97 Å². The van der Waals surface area contributed by atoms with E-state index in [0.717, 1.165) is 18.8 Å². The third-order valence-electron chi connectivity index (χ3n) is 3.34. The molecule has 1 N–H and O–H groups in total. The third kappa shape index (κ3) is 2.60. The molecular weight excluding hydrogens is 214 g/mol. The van der Waals surface area contributed by atoms with Crippen molar-refractivity contribution in [3.05, 3.63) is 29.8 Å². The summed E-state index contributed by atoms with van der Waals surface area (Å²) in [6.45, 7) is 6.36.